The van der Waals surface area contributed by atoms with Gasteiger partial charge in [-0.15, -0.1) is 0 Å². The first-order chi connectivity index (χ1) is 13.5. The monoisotopic (exact) mass is 400 g/mol. The van der Waals surface area contributed by atoms with E-state index in [9.17, 15) is 0 Å². The minimum Gasteiger partial charge on any atom is -0.0622 e. The predicted molar refractivity (Wildman–Crippen MR) is 126 cm³/mol. The molecule has 17 atom stereocenters. The van der Waals surface area contributed by atoms with E-state index in [1.165, 1.54) is 6.42 Å². The molecule has 168 valence electrons. The molecule has 0 amide bonds. The van der Waals surface area contributed by atoms with Crippen molar-refractivity contribution in [2.45, 2.75) is 82.6 Å². The fraction of sp³-hybridized carbons (Fsp3) is 1.00. The normalized spacial score (nSPS) is 65.3. The maximum absolute atomic E-state index is 2.69. The number of fused-ring (bicyclic) bond motifs is 5. The second-order valence-electron chi connectivity index (χ2n) is 13.4. The highest BCUT2D eigenvalue weighted by atomic mass is 14.7. The molecule has 0 aliphatic heterocycles. The van der Waals surface area contributed by atoms with Gasteiger partial charge in [0.1, 0.15) is 0 Å². The molecule has 0 radical (unpaired) electrons. The fourth-order valence-electron chi connectivity index (χ4n) is 10.5. The van der Waals surface area contributed by atoms with Crippen LogP contribution in [0.2, 0.25) is 0 Å². The molecule has 0 aromatic carbocycles. The third kappa shape index (κ3) is 2.96. The highest BCUT2D eigenvalue weighted by Crippen LogP contribution is 2.67. The Morgan fingerprint density at radius 1 is 0.310 bits per heavy atom. The lowest BCUT2D eigenvalue weighted by Crippen LogP contribution is -2.63. The second kappa shape index (κ2) is 7.55. The first kappa shape index (κ1) is 22.2. The van der Waals surface area contributed by atoms with Crippen molar-refractivity contribution in [2.75, 3.05) is 0 Å². The molecule has 4 rings (SSSR count). The van der Waals surface area contributed by atoms with Gasteiger partial charge in [0, 0.05) is 0 Å². The van der Waals surface area contributed by atoms with Crippen LogP contribution in [0, 0.1) is 101 Å². The zero-order chi connectivity index (χ0) is 21.5. The van der Waals surface area contributed by atoms with Gasteiger partial charge in [-0.3, -0.25) is 0 Å². The van der Waals surface area contributed by atoms with Crippen molar-refractivity contribution >= 4 is 0 Å². The summed E-state index contributed by atoms with van der Waals surface area (Å²) < 4.78 is 0. The molecule has 17 unspecified atom stereocenters. The molecule has 29 heavy (non-hydrogen) atoms. The van der Waals surface area contributed by atoms with Crippen LogP contribution >= 0.6 is 0 Å². The van der Waals surface area contributed by atoms with E-state index in [-0.39, 0.29) is 0 Å². The van der Waals surface area contributed by atoms with Gasteiger partial charge in [0.15, 0.2) is 0 Å². The fourth-order valence-corrected chi connectivity index (χ4v) is 10.5. The van der Waals surface area contributed by atoms with E-state index >= 15 is 0 Å². The van der Waals surface area contributed by atoms with Crippen molar-refractivity contribution in [1.29, 1.82) is 0 Å². The Morgan fingerprint density at radius 3 is 1.24 bits per heavy atom. The van der Waals surface area contributed by atoms with E-state index in [2.05, 4.69) is 76.2 Å². The van der Waals surface area contributed by atoms with E-state index in [4.69, 9.17) is 0 Å². The van der Waals surface area contributed by atoms with Crippen molar-refractivity contribution in [3.8, 4) is 0 Å². The zero-order valence-corrected chi connectivity index (χ0v) is 21.5. The van der Waals surface area contributed by atoms with Crippen LogP contribution in [0.1, 0.15) is 82.6 Å². The van der Waals surface area contributed by atoms with Crippen molar-refractivity contribution in [2.24, 2.45) is 101 Å². The van der Waals surface area contributed by atoms with Crippen LogP contribution < -0.4 is 0 Å². The Balaban J connectivity index is 1.78. The quantitative estimate of drug-likeness (QED) is 0.385. The van der Waals surface area contributed by atoms with Gasteiger partial charge in [-0.1, -0.05) is 76.2 Å². The average molecular weight is 401 g/mol. The van der Waals surface area contributed by atoms with Crippen molar-refractivity contribution in [3.63, 3.8) is 0 Å². The van der Waals surface area contributed by atoms with Gasteiger partial charge < -0.3 is 0 Å². The highest BCUT2D eigenvalue weighted by molar-refractivity contribution is 5.10. The molecule has 4 aliphatic carbocycles. The predicted octanol–water partition coefficient (Wildman–Crippen LogP) is 8.13. The largest absolute Gasteiger partial charge is 0.0622 e. The SMILES string of the molecule is CC1CC2C(C(C)C1C)C(C)C(C)C1C2C(C)C(C)C2C(C)C(C)C(C)C(C)C21. The summed E-state index contributed by atoms with van der Waals surface area (Å²) in [7, 11) is 0. The van der Waals surface area contributed by atoms with Gasteiger partial charge in [-0.2, -0.15) is 0 Å². The summed E-state index contributed by atoms with van der Waals surface area (Å²) in [6, 6.07) is 0. The minimum absolute atomic E-state index is 0.886. The van der Waals surface area contributed by atoms with E-state index in [1.54, 1.807) is 0 Å². The molecule has 0 heteroatoms. The maximum Gasteiger partial charge on any atom is -0.0318 e. The lowest BCUT2D eigenvalue weighted by Gasteiger charge is -2.67. The van der Waals surface area contributed by atoms with Gasteiger partial charge in [0.25, 0.3) is 0 Å². The summed E-state index contributed by atoms with van der Waals surface area (Å²) in [5.74, 6) is 15.8. The Bertz CT molecular complexity index is 593. The number of hydrogen-bond donors (Lipinski definition) is 0. The lowest BCUT2D eigenvalue weighted by molar-refractivity contribution is -0.199. The van der Waals surface area contributed by atoms with E-state index < -0.39 is 0 Å². The Hall–Kier alpha value is 0. The van der Waals surface area contributed by atoms with Crippen molar-refractivity contribution < 1.29 is 0 Å². The topological polar surface area (TPSA) is 0 Å². The summed E-state index contributed by atoms with van der Waals surface area (Å²) >= 11 is 0. The van der Waals surface area contributed by atoms with Crippen LogP contribution in [0.3, 0.4) is 0 Å². The zero-order valence-electron chi connectivity index (χ0n) is 21.5. The van der Waals surface area contributed by atoms with E-state index in [1.807, 2.05) is 0 Å². The van der Waals surface area contributed by atoms with Crippen LogP contribution in [-0.2, 0) is 0 Å². The summed E-state index contributed by atoms with van der Waals surface area (Å²) in [4.78, 5) is 0. The Morgan fingerprint density at radius 2 is 0.655 bits per heavy atom. The number of hydrogen-bond acceptors (Lipinski definition) is 0. The molecule has 0 nitrogen and oxygen atoms in total. The van der Waals surface area contributed by atoms with E-state index in [0.717, 1.165) is 101 Å². The summed E-state index contributed by atoms with van der Waals surface area (Å²) in [6.45, 7) is 28.9. The summed E-state index contributed by atoms with van der Waals surface area (Å²) in [5.41, 5.74) is 0. The van der Waals surface area contributed by atoms with Gasteiger partial charge in [-0.05, 0) is 107 Å². The molecule has 0 saturated heterocycles. The van der Waals surface area contributed by atoms with Crippen LogP contribution in [0.25, 0.3) is 0 Å². The molecule has 0 aromatic rings. The Kier molecular flexibility index (Phi) is 5.78. The van der Waals surface area contributed by atoms with Crippen molar-refractivity contribution in [1.82, 2.24) is 0 Å². The number of rotatable bonds is 0. The standard InChI is InChI=1S/C29H52/c1-13-12-24-25(17(5)14(13)2)20(8)23(11)29-27(24)22(10)21(9)26-18(6)15(3)16(4)19(7)28(26)29/h13-29H,12H2,1-11H3. The molecule has 4 fully saturated rings. The molecule has 0 bridgehead atoms. The molecule has 0 heterocycles. The first-order valence-corrected chi connectivity index (χ1v) is 13.5. The molecule has 0 spiro atoms. The van der Waals surface area contributed by atoms with Gasteiger partial charge in [0.05, 0.1) is 0 Å². The van der Waals surface area contributed by atoms with Gasteiger partial charge in [-0.25, -0.2) is 0 Å². The van der Waals surface area contributed by atoms with Crippen LogP contribution in [0.15, 0.2) is 0 Å². The average Bonchev–Trinajstić information content (AvgIpc) is 2.68. The van der Waals surface area contributed by atoms with Gasteiger partial charge >= 0.3 is 0 Å². The molecular formula is C29H52. The summed E-state index contributed by atoms with van der Waals surface area (Å²) in [5, 5.41) is 0. The summed E-state index contributed by atoms with van der Waals surface area (Å²) in [6.07, 6.45) is 1.51. The van der Waals surface area contributed by atoms with Crippen LogP contribution in [0.4, 0.5) is 0 Å². The molecule has 0 aromatic heterocycles. The van der Waals surface area contributed by atoms with Crippen LogP contribution in [0.5, 0.6) is 0 Å². The maximum atomic E-state index is 2.69. The third-order valence-electron chi connectivity index (χ3n) is 13.1. The van der Waals surface area contributed by atoms with Crippen molar-refractivity contribution in [3.05, 3.63) is 0 Å². The molecular weight excluding hydrogens is 348 g/mol. The molecule has 4 saturated carbocycles. The van der Waals surface area contributed by atoms with E-state index in [0.29, 0.717) is 0 Å². The second-order valence-corrected chi connectivity index (χ2v) is 13.4. The molecule has 4 aliphatic rings. The first-order valence-electron chi connectivity index (χ1n) is 13.5. The lowest BCUT2D eigenvalue weighted by atomic mass is 9.37. The highest BCUT2D eigenvalue weighted by Gasteiger charge is 2.62. The van der Waals surface area contributed by atoms with Crippen LogP contribution in [-0.4, -0.2) is 0 Å². The van der Waals surface area contributed by atoms with Gasteiger partial charge in [0.2, 0.25) is 0 Å². The minimum atomic E-state index is 0.886. The smallest absolute Gasteiger partial charge is 0.0318 e. The third-order valence-corrected chi connectivity index (χ3v) is 13.1. The Labute approximate surface area is 183 Å². The molecule has 0 N–H and O–H groups in total.